The molecule has 220 valence electrons. The molecule has 3 amide bonds. The van der Waals surface area contributed by atoms with E-state index in [1.807, 2.05) is 24.3 Å². The summed E-state index contributed by atoms with van der Waals surface area (Å²) in [6, 6.07) is 14.3. The molecule has 2 aliphatic rings. The van der Waals surface area contributed by atoms with Crippen molar-refractivity contribution in [3.05, 3.63) is 84.2 Å². The highest BCUT2D eigenvalue weighted by Crippen LogP contribution is 2.43. The van der Waals surface area contributed by atoms with Crippen LogP contribution in [-0.2, 0) is 15.0 Å². The fourth-order valence-electron chi connectivity index (χ4n) is 5.25. The van der Waals surface area contributed by atoms with Gasteiger partial charge in [0.15, 0.2) is 0 Å². The van der Waals surface area contributed by atoms with Crippen molar-refractivity contribution in [2.45, 2.75) is 80.2 Å². The molecule has 0 aromatic heterocycles. The van der Waals surface area contributed by atoms with Crippen molar-refractivity contribution in [1.82, 2.24) is 4.90 Å². The van der Waals surface area contributed by atoms with Crippen LogP contribution in [0.15, 0.2) is 73.1 Å². The number of anilines is 2. The summed E-state index contributed by atoms with van der Waals surface area (Å²) in [7, 11) is 0. The van der Waals surface area contributed by atoms with E-state index in [9.17, 15) is 14.4 Å². The van der Waals surface area contributed by atoms with Gasteiger partial charge in [0, 0.05) is 51.9 Å². The Morgan fingerprint density at radius 1 is 0.707 bits per heavy atom. The molecule has 6 nitrogen and oxygen atoms in total. The van der Waals surface area contributed by atoms with Gasteiger partial charge in [0.1, 0.15) is 0 Å². The van der Waals surface area contributed by atoms with Crippen LogP contribution in [0.25, 0.3) is 0 Å². The molecule has 0 radical (unpaired) electrons. The minimum atomic E-state index is -0.317. The molecule has 4 atom stereocenters. The van der Waals surface area contributed by atoms with Crippen molar-refractivity contribution in [3.8, 4) is 0 Å². The molecule has 0 spiro atoms. The maximum absolute atomic E-state index is 12.5. The highest BCUT2D eigenvalue weighted by molar-refractivity contribution is 6.21. The largest absolute Gasteiger partial charge is 0.344 e. The first-order valence-electron chi connectivity index (χ1n) is 14.4. The Hall–Kier alpha value is -3.67. The second-order valence-electron chi connectivity index (χ2n) is 13.5. The Balaban J connectivity index is 0.000000298. The van der Waals surface area contributed by atoms with Gasteiger partial charge in [0.25, 0.3) is 5.91 Å². The average Bonchev–Trinajstić information content (AvgIpc) is 3.22. The molecule has 2 fully saturated rings. The van der Waals surface area contributed by atoms with Gasteiger partial charge in [-0.1, -0.05) is 73.8 Å². The molecule has 1 N–H and O–H groups in total. The SMILES string of the molecule is C=C1C(C)C(C)C(=C)N1C(C)(C)C.CC1C(=O)N(c2ccc(NC(=O)c3ccc(C(C)(C)C)cc3)cc2)C(=O)C1C. The Morgan fingerprint density at radius 2 is 1.15 bits per heavy atom. The van der Waals surface area contributed by atoms with E-state index >= 15 is 0 Å². The molecule has 2 aliphatic heterocycles. The number of likely N-dealkylation sites (tertiary alicyclic amines) is 1. The number of amides is 3. The van der Waals surface area contributed by atoms with E-state index < -0.39 is 0 Å². The third-order valence-electron chi connectivity index (χ3n) is 8.41. The number of imide groups is 1. The lowest BCUT2D eigenvalue weighted by atomic mass is 9.87. The van der Waals surface area contributed by atoms with Crippen molar-refractivity contribution < 1.29 is 14.4 Å². The standard InChI is InChI=1S/C23H26N2O3.C12H21N/c1-14-15(2)22(28)25(21(14)27)19-12-10-18(11-13-19)24-20(26)16-6-8-17(9-7-16)23(3,4)5;1-8-9(2)11(4)13(10(8)3)12(5,6)7/h6-15H,1-5H3,(H,24,26);8-9H,3-4H2,1-2,5-7H3. The average molecular weight is 558 g/mol. The number of nitrogens with one attached hydrogen (secondary N) is 1. The Bertz CT molecular complexity index is 1290. The van der Waals surface area contributed by atoms with Crippen LogP contribution in [0.1, 0.15) is 85.2 Å². The number of benzene rings is 2. The summed E-state index contributed by atoms with van der Waals surface area (Å²) in [6.45, 7) is 29.3. The maximum Gasteiger partial charge on any atom is 0.255 e. The van der Waals surface area contributed by atoms with E-state index in [2.05, 4.69) is 78.8 Å². The molecule has 2 saturated heterocycles. The smallest absolute Gasteiger partial charge is 0.255 e. The fraction of sp³-hybridized carbons (Fsp3) is 0.457. The molecule has 2 aromatic rings. The Morgan fingerprint density at radius 3 is 1.51 bits per heavy atom. The van der Waals surface area contributed by atoms with Crippen LogP contribution in [0.5, 0.6) is 0 Å². The second-order valence-corrected chi connectivity index (χ2v) is 13.5. The van der Waals surface area contributed by atoms with Crippen molar-refractivity contribution in [2.24, 2.45) is 23.7 Å². The lowest BCUT2D eigenvalue weighted by molar-refractivity contribution is -0.122. The summed E-state index contributed by atoms with van der Waals surface area (Å²) in [5, 5.41) is 2.85. The van der Waals surface area contributed by atoms with Crippen LogP contribution in [0.4, 0.5) is 11.4 Å². The molecule has 0 saturated carbocycles. The highest BCUT2D eigenvalue weighted by Gasteiger charge is 2.43. The lowest BCUT2D eigenvalue weighted by Crippen LogP contribution is -2.36. The zero-order valence-corrected chi connectivity index (χ0v) is 26.5. The normalized spacial score (nSPS) is 23.1. The molecular formula is C35H47N3O3. The number of carbonyl (C=O) groups excluding carboxylic acids is 3. The number of carbonyl (C=O) groups is 3. The van der Waals surface area contributed by atoms with E-state index in [0.29, 0.717) is 28.8 Å². The zero-order chi connectivity index (χ0) is 31.0. The van der Waals surface area contributed by atoms with Crippen molar-refractivity contribution in [2.75, 3.05) is 10.2 Å². The Labute approximate surface area is 246 Å². The maximum atomic E-state index is 12.5. The summed E-state index contributed by atoms with van der Waals surface area (Å²) in [6.07, 6.45) is 0. The van der Waals surface area contributed by atoms with Crippen molar-refractivity contribution in [3.63, 3.8) is 0 Å². The van der Waals surface area contributed by atoms with E-state index in [4.69, 9.17) is 0 Å². The third kappa shape index (κ3) is 6.64. The molecule has 2 heterocycles. The number of hydrogen-bond donors (Lipinski definition) is 1. The summed E-state index contributed by atoms with van der Waals surface area (Å²) >= 11 is 0. The van der Waals surface area contributed by atoms with Crippen LogP contribution in [-0.4, -0.2) is 28.2 Å². The summed E-state index contributed by atoms with van der Waals surface area (Å²) in [5.74, 6) is -0.144. The first-order chi connectivity index (χ1) is 18.9. The zero-order valence-electron chi connectivity index (χ0n) is 26.5. The van der Waals surface area contributed by atoms with Gasteiger partial charge in [-0.05, 0) is 68.1 Å². The molecule has 41 heavy (non-hydrogen) atoms. The van der Waals surface area contributed by atoms with Gasteiger partial charge in [-0.25, -0.2) is 0 Å². The first-order valence-corrected chi connectivity index (χ1v) is 14.4. The minimum absolute atomic E-state index is 0.0320. The first kappa shape index (κ1) is 31.9. The van der Waals surface area contributed by atoms with Crippen LogP contribution in [0.3, 0.4) is 0 Å². The molecule has 6 heteroatoms. The van der Waals surface area contributed by atoms with Crippen LogP contribution < -0.4 is 10.2 Å². The van der Waals surface area contributed by atoms with Gasteiger partial charge in [-0.2, -0.15) is 0 Å². The Kier molecular flexibility index (Phi) is 9.07. The number of rotatable bonds is 3. The predicted molar refractivity (Wildman–Crippen MR) is 169 cm³/mol. The van der Waals surface area contributed by atoms with Gasteiger partial charge < -0.3 is 10.2 Å². The third-order valence-corrected chi connectivity index (χ3v) is 8.41. The van der Waals surface area contributed by atoms with Crippen molar-refractivity contribution in [1.29, 1.82) is 0 Å². The van der Waals surface area contributed by atoms with Crippen LogP contribution in [0, 0.1) is 23.7 Å². The van der Waals surface area contributed by atoms with Gasteiger partial charge in [-0.15, -0.1) is 0 Å². The van der Waals surface area contributed by atoms with Gasteiger partial charge >= 0.3 is 0 Å². The van der Waals surface area contributed by atoms with Gasteiger partial charge in [0.2, 0.25) is 11.8 Å². The van der Waals surface area contributed by atoms with E-state index in [1.54, 1.807) is 38.1 Å². The minimum Gasteiger partial charge on any atom is -0.344 e. The predicted octanol–water partition coefficient (Wildman–Crippen LogP) is 7.78. The number of hydrogen-bond acceptors (Lipinski definition) is 4. The topological polar surface area (TPSA) is 69.7 Å². The molecule has 4 unspecified atom stereocenters. The number of nitrogens with zero attached hydrogens (tertiary/aromatic N) is 2. The number of allylic oxidation sites excluding steroid dienone is 2. The van der Waals surface area contributed by atoms with Gasteiger partial charge in [-0.3, -0.25) is 19.3 Å². The van der Waals surface area contributed by atoms with Gasteiger partial charge in [0.05, 0.1) is 5.69 Å². The van der Waals surface area contributed by atoms with E-state index in [0.717, 1.165) is 5.56 Å². The second kappa shape index (κ2) is 11.7. The quantitative estimate of drug-likeness (QED) is 0.391. The van der Waals surface area contributed by atoms with Crippen LogP contribution >= 0.6 is 0 Å². The molecule has 4 rings (SSSR count). The molecule has 2 aromatic carbocycles. The molecule has 0 aliphatic carbocycles. The lowest BCUT2D eigenvalue weighted by Gasteiger charge is -2.36. The summed E-state index contributed by atoms with van der Waals surface area (Å²) < 4.78 is 0. The molecule has 0 bridgehead atoms. The van der Waals surface area contributed by atoms with E-state index in [-0.39, 0.29) is 40.5 Å². The molecular weight excluding hydrogens is 510 g/mol. The monoisotopic (exact) mass is 557 g/mol. The van der Waals surface area contributed by atoms with Crippen molar-refractivity contribution >= 4 is 29.1 Å². The summed E-state index contributed by atoms with van der Waals surface area (Å²) in [4.78, 5) is 40.6. The highest BCUT2D eigenvalue weighted by atomic mass is 16.2. The van der Waals surface area contributed by atoms with E-state index in [1.165, 1.54) is 16.3 Å². The van der Waals surface area contributed by atoms with Crippen LogP contribution in [0.2, 0.25) is 0 Å². The fourth-order valence-corrected chi connectivity index (χ4v) is 5.25. The summed E-state index contributed by atoms with van der Waals surface area (Å²) in [5.41, 5.74) is 5.45.